The molecule has 0 aliphatic heterocycles. The molecule has 13 heteroatoms. The monoisotopic (exact) mass is 720 g/mol. The van der Waals surface area contributed by atoms with Crippen molar-refractivity contribution < 1.29 is 57.8 Å². The Hall–Kier alpha value is -3.91. The van der Waals surface area contributed by atoms with Gasteiger partial charge >= 0.3 is 35.6 Å². The Balaban J connectivity index is 0.00000562. The Kier molecular flexibility index (Phi) is 13.5. The minimum Gasteiger partial charge on any atom is -0.547 e. The standard InChI is InChI=1S/C37H38N4O6S2.Na/c1-3-12-32-39-34(48-2)33(37(45,35(42)43)23-26-13-6-4-7-14-26)41(32)25-28-19-21-29(22-20-28)30-17-10-11-18-31(30)49(46,47)40-36(44)38-24-27-15-8-5-9-16-27;/h4-11,13-22,45H,3,12,23-25H2,1-2H3,(H,42,43)(H2,38,40,44);/q;+1/p-1. The normalized spacial score (nSPS) is 12.4. The average molecular weight is 721 g/mol. The van der Waals surface area contributed by atoms with Gasteiger partial charge in [-0.25, -0.2) is 22.9 Å². The van der Waals surface area contributed by atoms with E-state index in [1.807, 2.05) is 55.5 Å². The minimum absolute atomic E-state index is 0. The van der Waals surface area contributed by atoms with Gasteiger partial charge in [-0.2, -0.15) is 0 Å². The second-order valence-electron chi connectivity index (χ2n) is 11.5. The second-order valence-corrected chi connectivity index (χ2v) is 13.9. The third kappa shape index (κ3) is 9.05. The Bertz CT molecular complexity index is 2020. The smallest absolute Gasteiger partial charge is 0.547 e. The van der Waals surface area contributed by atoms with E-state index in [2.05, 4.69) is 10.0 Å². The number of thioether (sulfide) groups is 1. The number of urea groups is 1. The fourth-order valence-electron chi connectivity index (χ4n) is 5.65. The van der Waals surface area contributed by atoms with Crippen LogP contribution < -0.4 is 44.7 Å². The number of imidazole rings is 1. The molecule has 0 radical (unpaired) electrons. The van der Waals surface area contributed by atoms with Crippen molar-refractivity contribution >= 4 is 33.8 Å². The summed E-state index contributed by atoms with van der Waals surface area (Å²) >= 11 is 1.26. The number of carbonyl (C=O) groups is 2. The number of amides is 2. The van der Waals surface area contributed by atoms with E-state index >= 15 is 0 Å². The molecule has 0 aliphatic rings. The van der Waals surface area contributed by atoms with Crippen molar-refractivity contribution in [2.75, 3.05) is 6.26 Å². The summed E-state index contributed by atoms with van der Waals surface area (Å²) in [4.78, 5) is 29.9. The third-order valence-corrected chi connectivity index (χ3v) is 10.1. The van der Waals surface area contributed by atoms with Crippen molar-refractivity contribution in [2.24, 2.45) is 0 Å². The van der Waals surface area contributed by atoms with Crippen molar-refractivity contribution in [3.63, 3.8) is 0 Å². The number of hydrogen-bond acceptors (Lipinski definition) is 8. The van der Waals surface area contributed by atoms with Crippen LogP contribution in [0, 0.1) is 0 Å². The molecule has 5 rings (SSSR count). The van der Waals surface area contributed by atoms with E-state index in [-0.39, 0.29) is 59.7 Å². The van der Waals surface area contributed by atoms with Crippen molar-refractivity contribution in [3.05, 3.63) is 137 Å². The largest absolute Gasteiger partial charge is 1.00 e. The predicted molar refractivity (Wildman–Crippen MR) is 187 cm³/mol. The first-order valence-corrected chi connectivity index (χ1v) is 18.4. The molecule has 0 aliphatic carbocycles. The molecule has 10 nitrogen and oxygen atoms in total. The van der Waals surface area contributed by atoms with E-state index in [0.717, 1.165) is 17.5 Å². The minimum atomic E-state index is -4.24. The van der Waals surface area contributed by atoms with Crippen molar-refractivity contribution in [1.29, 1.82) is 0 Å². The second kappa shape index (κ2) is 17.3. The summed E-state index contributed by atoms with van der Waals surface area (Å²) in [6, 6.07) is 30.7. The van der Waals surface area contributed by atoms with Crippen LogP contribution in [-0.2, 0) is 46.4 Å². The zero-order valence-corrected chi connectivity index (χ0v) is 31.8. The van der Waals surface area contributed by atoms with Crippen LogP contribution in [0.25, 0.3) is 11.1 Å². The van der Waals surface area contributed by atoms with Crippen LogP contribution in [0.1, 0.15) is 41.6 Å². The van der Waals surface area contributed by atoms with Gasteiger partial charge < -0.3 is 24.9 Å². The first kappa shape index (κ1) is 38.9. The number of carboxylic acid groups (broad SMARTS) is 1. The quantitative estimate of drug-likeness (QED) is 0.116. The van der Waals surface area contributed by atoms with Crippen molar-refractivity contribution in [1.82, 2.24) is 19.6 Å². The van der Waals surface area contributed by atoms with E-state index in [9.17, 15) is 28.2 Å². The molecule has 0 fully saturated rings. The molecule has 0 spiro atoms. The molecule has 0 saturated carbocycles. The van der Waals surface area contributed by atoms with Gasteiger partial charge in [-0.05, 0) is 41.0 Å². The molecule has 4 aromatic carbocycles. The van der Waals surface area contributed by atoms with E-state index in [1.54, 1.807) is 65.4 Å². The number of rotatable bonds is 14. The summed E-state index contributed by atoms with van der Waals surface area (Å²) in [5, 5.41) is 27.4. The molecule has 1 atom stereocenters. The summed E-state index contributed by atoms with van der Waals surface area (Å²) in [5.74, 6) is -0.988. The Labute approximate surface area is 318 Å². The third-order valence-electron chi connectivity index (χ3n) is 8.02. The topological polar surface area (TPSA) is 153 Å². The van der Waals surface area contributed by atoms with Gasteiger partial charge in [-0.15, -0.1) is 11.8 Å². The number of benzene rings is 4. The molecule has 50 heavy (non-hydrogen) atoms. The number of nitrogens with zero attached hydrogens (tertiary/aromatic N) is 2. The summed E-state index contributed by atoms with van der Waals surface area (Å²) in [5.41, 5.74) is 1.01. The van der Waals surface area contributed by atoms with E-state index in [4.69, 9.17) is 4.98 Å². The molecule has 254 valence electrons. The predicted octanol–water partition coefficient (Wildman–Crippen LogP) is 1.65. The maximum atomic E-state index is 13.3. The van der Waals surface area contributed by atoms with Gasteiger partial charge in [0.1, 0.15) is 10.9 Å². The molecular weight excluding hydrogens is 684 g/mol. The van der Waals surface area contributed by atoms with Gasteiger partial charge in [0.25, 0.3) is 10.0 Å². The summed E-state index contributed by atoms with van der Waals surface area (Å²) in [6.45, 7) is 2.36. The van der Waals surface area contributed by atoms with E-state index < -0.39 is 27.6 Å². The Morgan fingerprint density at radius 3 is 2.08 bits per heavy atom. The maximum Gasteiger partial charge on any atom is 1.00 e. The van der Waals surface area contributed by atoms with Crippen LogP contribution in [0.15, 0.2) is 119 Å². The number of aromatic nitrogens is 2. The van der Waals surface area contributed by atoms with Gasteiger partial charge in [0, 0.05) is 31.5 Å². The number of aliphatic carboxylic acids is 1. The van der Waals surface area contributed by atoms with Gasteiger partial charge in [-0.1, -0.05) is 110 Å². The SMILES string of the molecule is CCCc1nc(SC)c(C(O)(Cc2ccccc2)C(=O)[O-])n1Cc1ccc(-c2ccccc2S(=O)(=O)NC(=O)NCc2ccccc2)cc1.[Na+]. The zero-order chi connectivity index (χ0) is 35.0. The number of nitrogens with one attached hydrogen (secondary N) is 2. The van der Waals surface area contributed by atoms with Crippen LogP contribution in [0.2, 0.25) is 0 Å². The molecule has 5 aromatic rings. The summed E-state index contributed by atoms with van der Waals surface area (Å²) in [6.07, 6.45) is 2.88. The van der Waals surface area contributed by atoms with Crippen LogP contribution in [-0.4, -0.2) is 41.3 Å². The van der Waals surface area contributed by atoms with Crippen LogP contribution >= 0.6 is 11.8 Å². The van der Waals surface area contributed by atoms with Gasteiger partial charge in [0.05, 0.1) is 16.6 Å². The molecule has 1 unspecified atom stereocenters. The van der Waals surface area contributed by atoms with Gasteiger partial charge in [0.15, 0.2) is 5.60 Å². The maximum absolute atomic E-state index is 13.3. The fraction of sp³-hybridized carbons (Fsp3) is 0.216. The van der Waals surface area contributed by atoms with E-state index in [1.165, 1.54) is 17.8 Å². The molecule has 2 amide bonds. The number of aliphatic hydroxyl groups is 1. The average Bonchev–Trinajstić information content (AvgIpc) is 3.45. The first-order chi connectivity index (χ1) is 23.6. The number of hydrogen-bond donors (Lipinski definition) is 3. The summed E-state index contributed by atoms with van der Waals surface area (Å²) in [7, 11) is -4.24. The Morgan fingerprint density at radius 2 is 1.48 bits per heavy atom. The number of carboxylic acids is 1. The molecule has 0 bridgehead atoms. The van der Waals surface area contributed by atoms with Crippen LogP contribution in [0.3, 0.4) is 0 Å². The summed E-state index contributed by atoms with van der Waals surface area (Å²) < 4.78 is 30.5. The zero-order valence-electron chi connectivity index (χ0n) is 28.1. The number of aryl methyl sites for hydroxylation is 1. The van der Waals surface area contributed by atoms with Crippen LogP contribution in [0.5, 0.6) is 0 Å². The molecule has 0 saturated heterocycles. The van der Waals surface area contributed by atoms with Crippen molar-refractivity contribution in [3.8, 4) is 11.1 Å². The van der Waals surface area contributed by atoms with Crippen LogP contribution in [0.4, 0.5) is 4.79 Å². The molecule has 3 N–H and O–H groups in total. The number of sulfonamides is 1. The first-order valence-electron chi connectivity index (χ1n) is 15.7. The number of carbonyl (C=O) groups excluding carboxylic acids is 2. The van der Waals surface area contributed by atoms with Crippen molar-refractivity contribution in [2.45, 2.75) is 54.8 Å². The molecule has 1 aromatic heterocycles. The Morgan fingerprint density at radius 1 is 0.880 bits per heavy atom. The molecule has 1 heterocycles. The van der Waals surface area contributed by atoms with Gasteiger partial charge in [-0.3, -0.25) is 0 Å². The molecular formula is C37H37N4NaO6S2. The van der Waals surface area contributed by atoms with Gasteiger partial charge in [0.2, 0.25) is 0 Å². The fourth-order valence-corrected chi connectivity index (χ4v) is 7.48. The van der Waals surface area contributed by atoms with E-state index in [0.29, 0.717) is 34.0 Å².